The van der Waals surface area contributed by atoms with E-state index in [1.807, 2.05) is 37.3 Å². The van der Waals surface area contributed by atoms with Gasteiger partial charge in [-0.25, -0.2) is 4.98 Å². The molecule has 2 atom stereocenters. The van der Waals surface area contributed by atoms with Gasteiger partial charge in [-0.05, 0) is 43.2 Å². The molecule has 140 valence electrons. The lowest BCUT2D eigenvalue weighted by Gasteiger charge is -2.17. The van der Waals surface area contributed by atoms with E-state index in [2.05, 4.69) is 17.2 Å². The Morgan fingerprint density at radius 3 is 2.93 bits per heavy atom. The minimum atomic E-state index is -0.188. The quantitative estimate of drug-likeness (QED) is 0.753. The topological polar surface area (TPSA) is 64.0 Å². The normalized spacial score (nSPS) is 17.5. The van der Waals surface area contributed by atoms with Gasteiger partial charge in [-0.1, -0.05) is 37.3 Å². The number of carbonyl (C=O) groups is 1. The van der Waals surface area contributed by atoms with Crippen LogP contribution in [0.25, 0.3) is 10.2 Å². The summed E-state index contributed by atoms with van der Waals surface area (Å²) in [5, 5.41) is 3.67. The van der Waals surface area contributed by atoms with E-state index in [0.717, 1.165) is 35.2 Å². The largest absolute Gasteiger partial charge is 0.348 e. The van der Waals surface area contributed by atoms with Gasteiger partial charge in [0.2, 0.25) is 5.91 Å². The number of amides is 1. The first-order chi connectivity index (χ1) is 13.0. The van der Waals surface area contributed by atoms with Crippen molar-refractivity contribution in [3.05, 3.63) is 63.0 Å². The van der Waals surface area contributed by atoms with Gasteiger partial charge in [0, 0.05) is 4.88 Å². The second-order valence-corrected chi connectivity index (χ2v) is 8.49. The molecule has 1 amide bonds. The lowest BCUT2D eigenvalue weighted by Crippen LogP contribution is -2.34. The minimum Gasteiger partial charge on any atom is -0.348 e. The van der Waals surface area contributed by atoms with Gasteiger partial charge in [0.05, 0.1) is 17.8 Å². The van der Waals surface area contributed by atoms with Crippen LogP contribution in [0.4, 0.5) is 0 Å². The maximum absolute atomic E-state index is 13.0. The summed E-state index contributed by atoms with van der Waals surface area (Å²) in [6.45, 7) is 4.17. The van der Waals surface area contributed by atoms with E-state index >= 15 is 0 Å². The molecular formula is C21H23N3O2S. The first-order valence-corrected chi connectivity index (χ1v) is 10.2. The number of aromatic nitrogens is 2. The van der Waals surface area contributed by atoms with E-state index in [1.165, 1.54) is 15.8 Å². The standard InChI is InChI=1S/C21H23N3O2S/c1-13-8-9-16-17(10-13)27-20-19(16)21(26)24(12-22-20)11-18(25)23-14(2)15-6-4-3-5-7-15/h3-7,12-14H,8-11H2,1-2H3,(H,23,25)/t13-,14+/m1/s1. The molecule has 0 saturated carbocycles. The Balaban J connectivity index is 1.56. The fourth-order valence-corrected chi connectivity index (χ4v) is 5.09. The van der Waals surface area contributed by atoms with Crippen LogP contribution >= 0.6 is 11.3 Å². The molecule has 0 saturated heterocycles. The van der Waals surface area contributed by atoms with Gasteiger partial charge in [-0.2, -0.15) is 0 Å². The summed E-state index contributed by atoms with van der Waals surface area (Å²) in [6.07, 6.45) is 4.55. The summed E-state index contributed by atoms with van der Waals surface area (Å²) in [5.74, 6) is 0.463. The van der Waals surface area contributed by atoms with E-state index in [1.54, 1.807) is 11.3 Å². The number of carbonyl (C=O) groups excluding carboxylic acids is 1. The van der Waals surface area contributed by atoms with Gasteiger partial charge in [0.15, 0.2) is 0 Å². The molecule has 2 heterocycles. The smallest absolute Gasteiger partial charge is 0.262 e. The SMILES string of the molecule is C[C@@H]1CCc2c(sc3ncn(CC(=O)N[C@@H](C)c4ccccc4)c(=O)c23)C1. The molecule has 0 spiro atoms. The first-order valence-electron chi connectivity index (χ1n) is 9.37. The van der Waals surface area contributed by atoms with Crippen LogP contribution in [-0.2, 0) is 24.2 Å². The Kier molecular flexibility index (Phi) is 4.83. The molecule has 1 aliphatic carbocycles. The van der Waals surface area contributed by atoms with Gasteiger partial charge in [0.25, 0.3) is 5.56 Å². The predicted octanol–water partition coefficient (Wildman–Crippen LogP) is 3.46. The summed E-state index contributed by atoms with van der Waals surface area (Å²) in [7, 11) is 0. The number of benzene rings is 1. The number of aryl methyl sites for hydroxylation is 1. The number of nitrogens with one attached hydrogen (secondary N) is 1. The van der Waals surface area contributed by atoms with Gasteiger partial charge in [0.1, 0.15) is 11.4 Å². The molecule has 2 aromatic heterocycles. The van der Waals surface area contributed by atoms with Crippen molar-refractivity contribution in [1.29, 1.82) is 0 Å². The van der Waals surface area contributed by atoms with Crippen molar-refractivity contribution in [2.24, 2.45) is 5.92 Å². The highest BCUT2D eigenvalue weighted by Gasteiger charge is 2.23. The summed E-state index contributed by atoms with van der Waals surface area (Å²) in [4.78, 5) is 32.0. The first kappa shape index (κ1) is 17.9. The molecule has 0 unspecified atom stereocenters. The minimum absolute atomic E-state index is 0.0139. The molecule has 0 aliphatic heterocycles. The lowest BCUT2D eigenvalue weighted by atomic mass is 9.89. The van der Waals surface area contributed by atoms with Crippen molar-refractivity contribution in [2.75, 3.05) is 0 Å². The summed E-state index contributed by atoms with van der Waals surface area (Å²) >= 11 is 1.63. The Bertz CT molecular complexity index is 1040. The van der Waals surface area contributed by atoms with E-state index in [9.17, 15) is 9.59 Å². The number of hydrogen-bond donors (Lipinski definition) is 1. The van der Waals surface area contributed by atoms with Crippen LogP contribution in [0, 0.1) is 5.92 Å². The summed E-state index contributed by atoms with van der Waals surface area (Å²) in [5.41, 5.74) is 2.08. The van der Waals surface area contributed by atoms with Gasteiger partial charge >= 0.3 is 0 Å². The number of rotatable bonds is 4. The molecular weight excluding hydrogens is 358 g/mol. The van der Waals surface area contributed by atoms with Crippen molar-refractivity contribution in [3.63, 3.8) is 0 Å². The average Bonchev–Trinajstić information content (AvgIpc) is 3.02. The lowest BCUT2D eigenvalue weighted by molar-refractivity contribution is -0.122. The van der Waals surface area contributed by atoms with Crippen LogP contribution < -0.4 is 10.9 Å². The fraction of sp³-hybridized carbons (Fsp3) is 0.381. The summed E-state index contributed by atoms with van der Waals surface area (Å²) < 4.78 is 1.43. The molecule has 0 radical (unpaired) electrons. The van der Waals surface area contributed by atoms with E-state index < -0.39 is 0 Å². The van der Waals surface area contributed by atoms with Gasteiger partial charge < -0.3 is 5.32 Å². The van der Waals surface area contributed by atoms with Crippen LogP contribution in [0.2, 0.25) is 0 Å². The molecule has 1 aliphatic rings. The third kappa shape index (κ3) is 3.54. The molecule has 0 bridgehead atoms. The second kappa shape index (κ2) is 7.27. The Hall–Kier alpha value is -2.47. The average molecular weight is 382 g/mol. The molecule has 1 aromatic carbocycles. The number of fused-ring (bicyclic) bond motifs is 3. The second-order valence-electron chi connectivity index (χ2n) is 7.41. The summed E-state index contributed by atoms with van der Waals surface area (Å²) in [6, 6.07) is 9.68. The molecule has 6 heteroatoms. The molecule has 1 N–H and O–H groups in total. The zero-order valence-electron chi connectivity index (χ0n) is 15.6. The Morgan fingerprint density at radius 1 is 1.37 bits per heavy atom. The maximum Gasteiger partial charge on any atom is 0.262 e. The maximum atomic E-state index is 13.0. The molecule has 5 nitrogen and oxygen atoms in total. The zero-order valence-corrected chi connectivity index (χ0v) is 16.4. The van der Waals surface area contributed by atoms with Crippen LogP contribution in [0.15, 0.2) is 41.5 Å². The van der Waals surface area contributed by atoms with Crippen molar-refractivity contribution in [3.8, 4) is 0 Å². The molecule has 0 fully saturated rings. The molecule has 4 rings (SSSR count). The Morgan fingerprint density at radius 2 is 2.15 bits per heavy atom. The van der Waals surface area contributed by atoms with Crippen LogP contribution in [0.5, 0.6) is 0 Å². The van der Waals surface area contributed by atoms with Gasteiger partial charge in [-0.15, -0.1) is 11.3 Å². The molecule has 27 heavy (non-hydrogen) atoms. The van der Waals surface area contributed by atoms with E-state index in [4.69, 9.17) is 0 Å². The zero-order chi connectivity index (χ0) is 19.0. The van der Waals surface area contributed by atoms with Crippen molar-refractivity contribution >= 4 is 27.5 Å². The van der Waals surface area contributed by atoms with Crippen LogP contribution in [-0.4, -0.2) is 15.5 Å². The van der Waals surface area contributed by atoms with Crippen molar-refractivity contribution < 1.29 is 4.79 Å². The number of nitrogens with zero attached hydrogens (tertiary/aromatic N) is 2. The van der Waals surface area contributed by atoms with Crippen LogP contribution in [0.1, 0.15) is 42.3 Å². The highest BCUT2D eigenvalue weighted by atomic mass is 32.1. The Labute approximate surface area is 162 Å². The fourth-order valence-electron chi connectivity index (χ4n) is 3.75. The number of thiophene rings is 1. The van der Waals surface area contributed by atoms with Crippen molar-refractivity contribution in [1.82, 2.24) is 14.9 Å². The highest BCUT2D eigenvalue weighted by molar-refractivity contribution is 7.18. The van der Waals surface area contributed by atoms with E-state index in [-0.39, 0.29) is 24.1 Å². The highest BCUT2D eigenvalue weighted by Crippen LogP contribution is 2.35. The van der Waals surface area contributed by atoms with Gasteiger partial charge in [-0.3, -0.25) is 14.2 Å². The third-order valence-electron chi connectivity index (χ3n) is 5.27. The number of hydrogen-bond acceptors (Lipinski definition) is 4. The third-order valence-corrected chi connectivity index (χ3v) is 6.44. The van der Waals surface area contributed by atoms with Crippen molar-refractivity contribution in [2.45, 2.75) is 45.7 Å². The molecule has 3 aromatic rings. The predicted molar refractivity (Wildman–Crippen MR) is 108 cm³/mol. The van der Waals surface area contributed by atoms with Crippen LogP contribution in [0.3, 0.4) is 0 Å². The van der Waals surface area contributed by atoms with E-state index in [0.29, 0.717) is 11.3 Å². The monoisotopic (exact) mass is 381 g/mol.